The number of hydrogen-bond donors (Lipinski definition) is 3. The molecule has 3 amide bonds. The average molecular weight is 420 g/mol. The Morgan fingerprint density at radius 2 is 1.45 bits per heavy atom. The molecule has 1 saturated heterocycles. The SMILES string of the molecule is O=C1CCCCCNC(=O)C(CSCc2ccccc2)NC(=O)CCCCCN1. The van der Waals surface area contributed by atoms with E-state index in [0.717, 1.165) is 44.3 Å². The average Bonchev–Trinajstić information content (AvgIpc) is 2.72. The molecule has 0 aliphatic carbocycles. The number of carbonyl (C=O) groups is 3. The van der Waals surface area contributed by atoms with Crippen LogP contribution in [-0.2, 0) is 20.1 Å². The van der Waals surface area contributed by atoms with E-state index in [9.17, 15) is 14.4 Å². The minimum Gasteiger partial charge on any atom is -0.356 e. The second-order valence-electron chi connectivity index (χ2n) is 7.38. The van der Waals surface area contributed by atoms with Crippen LogP contribution in [-0.4, -0.2) is 42.6 Å². The summed E-state index contributed by atoms with van der Waals surface area (Å²) in [6.07, 6.45) is 6.00. The Labute approximate surface area is 178 Å². The molecule has 0 aromatic heterocycles. The van der Waals surface area contributed by atoms with E-state index in [-0.39, 0.29) is 17.7 Å². The van der Waals surface area contributed by atoms with Crippen LogP contribution in [0.4, 0.5) is 0 Å². The molecular formula is C22H33N3O3S. The highest BCUT2D eigenvalue weighted by Gasteiger charge is 2.20. The minimum absolute atomic E-state index is 0.0844. The Hall–Kier alpha value is -2.02. The van der Waals surface area contributed by atoms with Gasteiger partial charge in [-0.25, -0.2) is 0 Å². The summed E-state index contributed by atoms with van der Waals surface area (Å²) >= 11 is 1.65. The first kappa shape index (κ1) is 23.3. The second-order valence-corrected chi connectivity index (χ2v) is 8.41. The van der Waals surface area contributed by atoms with Crippen molar-refractivity contribution in [1.82, 2.24) is 16.0 Å². The molecule has 1 aromatic rings. The quantitative estimate of drug-likeness (QED) is 0.700. The van der Waals surface area contributed by atoms with Crippen molar-refractivity contribution in [2.24, 2.45) is 0 Å². The highest BCUT2D eigenvalue weighted by molar-refractivity contribution is 7.98. The van der Waals surface area contributed by atoms with Crippen molar-refractivity contribution in [2.75, 3.05) is 18.8 Å². The van der Waals surface area contributed by atoms with Crippen LogP contribution in [0.1, 0.15) is 56.9 Å². The zero-order chi connectivity index (χ0) is 20.7. The van der Waals surface area contributed by atoms with Crippen molar-refractivity contribution in [3.05, 3.63) is 35.9 Å². The fourth-order valence-electron chi connectivity index (χ4n) is 3.14. The summed E-state index contributed by atoms with van der Waals surface area (Å²) in [5.41, 5.74) is 1.21. The highest BCUT2D eigenvalue weighted by Crippen LogP contribution is 2.13. The van der Waals surface area contributed by atoms with E-state index in [1.54, 1.807) is 11.8 Å². The van der Waals surface area contributed by atoms with Gasteiger partial charge in [-0.2, -0.15) is 11.8 Å². The summed E-state index contributed by atoms with van der Waals surface area (Å²) in [6.45, 7) is 1.23. The van der Waals surface area contributed by atoms with Crippen LogP contribution in [0.15, 0.2) is 30.3 Å². The number of carbonyl (C=O) groups excluding carboxylic acids is 3. The van der Waals surface area contributed by atoms with Gasteiger partial charge in [-0.1, -0.05) is 43.2 Å². The number of hydrogen-bond acceptors (Lipinski definition) is 4. The van der Waals surface area contributed by atoms with Gasteiger partial charge in [0, 0.05) is 37.4 Å². The predicted octanol–water partition coefficient (Wildman–Crippen LogP) is 2.77. The van der Waals surface area contributed by atoms with Crippen molar-refractivity contribution in [1.29, 1.82) is 0 Å². The first-order valence-corrected chi connectivity index (χ1v) is 11.8. The van der Waals surface area contributed by atoms with Crippen molar-refractivity contribution < 1.29 is 14.4 Å². The molecule has 1 heterocycles. The zero-order valence-corrected chi connectivity index (χ0v) is 17.9. The second kappa shape index (κ2) is 14.0. The molecule has 1 fully saturated rings. The van der Waals surface area contributed by atoms with Crippen LogP contribution in [0.5, 0.6) is 0 Å². The first-order valence-electron chi connectivity index (χ1n) is 10.6. The summed E-state index contributed by atoms with van der Waals surface area (Å²) < 4.78 is 0. The summed E-state index contributed by atoms with van der Waals surface area (Å²) in [4.78, 5) is 36.6. The normalized spacial score (nSPS) is 20.8. The Balaban J connectivity index is 1.86. The molecule has 6 nitrogen and oxygen atoms in total. The first-order chi connectivity index (χ1) is 14.1. The Morgan fingerprint density at radius 1 is 0.793 bits per heavy atom. The van der Waals surface area contributed by atoms with E-state index < -0.39 is 6.04 Å². The Kier molecular flexibility index (Phi) is 11.3. The van der Waals surface area contributed by atoms with Crippen LogP contribution in [0.25, 0.3) is 0 Å². The summed E-state index contributed by atoms with van der Waals surface area (Å²) in [6, 6.07) is 9.59. The zero-order valence-electron chi connectivity index (χ0n) is 17.1. The van der Waals surface area contributed by atoms with Gasteiger partial charge in [0.05, 0.1) is 0 Å². The maximum Gasteiger partial charge on any atom is 0.243 e. The largest absolute Gasteiger partial charge is 0.356 e. The van der Waals surface area contributed by atoms with Gasteiger partial charge in [0.25, 0.3) is 0 Å². The molecule has 29 heavy (non-hydrogen) atoms. The standard InChI is InChI=1S/C22H33N3O3S/c26-20-12-6-2-9-15-24-22(28)19(17-29-16-18-10-4-1-5-11-18)25-21(27)13-7-3-8-14-23-20/h1,4-5,10-11,19H,2-3,6-9,12-17H2,(H,23,26)(H,24,28)(H,25,27). The predicted molar refractivity (Wildman–Crippen MR) is 117 cm³/mol. The van der Waals surface area contributed by atoms with Crippen molar-refractivity contribution in [2.45, 2.75) is 63.2 Å². The maximum atomic E-state index is 12.6. The molecule has 1 unspecified atom stereocenters. The Bertz CT molecular complexity index is 639. The third-order valence-corrected chi connectivity index (χ3v) is 5.94. The van der Waals surface area contributed by atoms with Gasteiger partial charge in [-0.05, 0) is 31.2 Å². The third kappa shape index (κ3) is 10.4. The lowest BCUT2D eigenvalue weighted by atomic mass is 10.1. The summed E-state index contributed by atoms with van der Waals surface area (Å²) in [5.74, 6) is 1.23. The molecule has 0 bridgehead atoms. The molecule has 2 rings (SSSR count). The molecule has 1 aliphatic rings. The van der Waals surface area contributed by atoms with Gasteiger partial charge in [0.2, 0.25) is 17.7 Å². The van der Waals surface area contributed by atoms with Gasteiger partial charge in [-0.3, -0.25) is 14.4 Å². The molecule has 3 N–H and O–H groups in total. The van der Waals surface area contributed by atoms with E-state index in [2.05, 4.69) is 28.1 Å². The van der Waals surface area contributed by atoms with Crippen LogP contribution in [0.2, 0.25) is 0 Å². The van der Waals surface area contributed by atoms with Crippen molar-refractivity contribution in [3.63, 3.8) is 0 Å². The molecule has 0 saturated carbocycles. The lowest BCUT2D eigenvalue weighted by molar-refractivity contribution is -0.128. The molecule has 1 aliphatic heterocycles. The van der Waals surface area contributed by atoms with Gasteiger partial charge >= 0.3 is 0 Å². The van der Waals surface area contributed by atoms with Crippen LogP contribution >= 0.6 is 11.8 Å². The van der Waals surface area contributed by atoms with E-state index >= 15 is 0 Å². The van der Waals surface area contributed by atoms with E-state index in [4.69, 9.17) is 0 Å². The number of amides is 3. The van der Waals surface area contributed by atoms with Crippen molar-refractivity contribution >= 4 is 29.5 Å². The lowest BCUT2D eigenvalue weighted by Gasteiger charge is -2.18. The topological polar surface area (TPSA) is 87.3 Å². The smallest absolute Gasteiger partial charge is 0.243 e. The molecule has 7 heteroatoms. The number of nitrogens with one attached hydrogen (secondary N) is 3. The molecule has 160 valence electrons. The monoisotopic (exact) mass is 419 g/mol. The number of thioether (sulfide) groups is 1. The minimum atomic E-state index is -0.518. The van der Waals surface area contributed by atoms with E-state index in [0.29, 0.717) is 31.7 Å². The Morgan fingerprint density at radius 3 is 2.17 bits per heavy atom. The third-order valence-electron chi connectivity index (χ3n) is 4.83. The number of rotatable bonds is 4. The molecule has 0 spiro atoms. The van der Waals surface area contributed by atoms with Crippen LogP contribution < -0.4 is 16.0 Å². The van der Waals surface area contributed by atoms with E-state index in [1.165, 1.54) is 5.56 Å². The van der Waals surface area contributed by atoms with Crippen LogP contribution in [0.3, 0.4) is 0 Å². The summed E-state index contributed by atoms with van der Waals surface area (Å²) in [7, 11) is 0. The maximum absolute atomic E-state index is 12.6. The highest BCUT2D eigenvalue weighted by atomic mass is 32.2. The molecule has 0 radical (unpaired) electrons. The van der Waals surface area contributed by atoms with Gasteiger partial charge < -0.3 is 16.0 Å². The molecular weight excluding hydrogens is 386 g/mol. The van der Waals surface area contributed by atoms with Crippen molar-refractivity contribution in [3.8, 4) is 0 Å². The molecule has 1 atom stereocenters. The van der Waals surface area contributed by atoms with E-state index in [1.807, 2.05) is 18.2 Å². The van der Waals surface area contributed by atoms with Gasteiger partial charge in [-0.15, -0.1) is 0 Å². The number of benzene rings is 1. The lowest BCUT2D eigenvalue weighted by Crippen LogP contribution is -2.48. The fourth-order valence-corrected chi connectivity index (χ4v) is 4.16. The molecule has 1 aromatic carbocycles. The summed E-state index contributed by atoms with van der Waals surface area (Å²) in [5, 5.41) is 8.78. The van der Waals surface area contributed by atoms with Gasteiger partial charge in [0.15, 0.2) is 0 Å². The fraction of sp³-hybridized carbons (Fsp3) is 0.591. The van der Waals surface area contributed by atoms with Gasteiger partial charge in [0.1, 0.15) is 6.04 Å². The van der Waals surface area contributed by atoms with Crippen LogP contribution in [0, 0.1) is 0 Å².